The molecule has 0 saturated carbocycles. The van der Waals surface area contributed by atoms with Gasteiger partial charge in [-0.05, 0) is 11.1 Å². The highest BCUT2D eigenvalue weighted by atomic mass is 16.2. The molecule has 0 spiro atoms. The van der Waals surface area contributed by atoms with E-state index < -0.39 is 0 Å². The molecule has 0 atom stereocenters. The monoisotopic (exact) mass is 352 g/mol. The molecule has 1 saturated heterocycles. The van der Waals surface area contributed by atoms with Crippen molar-refractivity contribution in [3.05, 3.63) is 71.8 Å². The Morgan fingerprint density at radius 2 is 1.04 bits per heavy atom. The number of carbonyl (C=O) groups is 2. The molecule has 2 aromatic rings. The van der Waals surface area contributed by atoms with E-state index >= 15 is 0 Å². The Balaban J connectivity index is 1.61. The maximum absolute atomic E-state index is 12.6. The standard InChI is InChI=1S/C20H24N4O2/c1-21-15-24(20(26)14-18-11-7-4-8-12-18)22(2)16-23(21)19(25)13-17-9-5-3-6-10-17/h3-12H,13-16H2,1-2H3. The van der Waals surface area contributed by atoms with Gasteiger partial charge in [-0.1, -0.05) is 60.7 Å². The van der Waals surface area contributed by atoms with Crippen molar-refractivity contribution < 1.29 is 9.59 Å². The molecule has 0 N–H and O–H groups in total. The fourth-order valence-corrected chi connectivity index (χ4v) is 3.02. The second kappa shape index (κ2) is 8.12. The largest absolute Gasteiger partial charge is 0.273 e. The summed E-state index contributed by atoms with van der Waals surface area (Å²) in [5.74, 6) is 0.0291. The summed E-state index contributed by atoms with van der Waals surface area (Å²) in [6.07, 6.45) is 0.688. The summed E-state index contributed by atoms with van der Waals surface area (Å²) in [5.41, 5.74) is 1.97. The third kappa shape index (κ3) is 4.28. The molecule has 6 nitrogen and oxygen atoms in total. The smallest absolute Gasteiger partial charge is 0.242 e. The Hall–Kier alpha value is -2.70. The van der Waals surface area contributed by atoms with Crippen LogP contribution in [0.15, 0.2) is 60.7 Å². The minimum atomic E-state index is 0.0145. The first kappa shape index (κ1) is 18.1. The van der Waals surface area contributed by atoms with Gasteiger partial charge in [0.1, 0.15) is 13.3 Å². The van der Waals surface area contributed by atoms with Gasteiger partial charge >= 0.3 is 0 Å². The zero-order valence-electron chi connectivity index (χ0n) is 15.2. The van der Waals surface area contributed by atoms with Gasteiger partial charge < -0.3 is 0 Å². The topological polar surface area (TPSA) is 47.1 Å². The second-order valence-corrected chi connectivity index (χ2v) is 6.51. The van der Waals surface area contributed by atoms with E-state index in [-0.39, 0.29) is 11.8 Å². The lowest BCUT2D eigenvalue weighted by molar-refractivity contribution is -0.210. The lowest BCUT2D eigenvalue weighted by Crippen LogP contribution is -2.64. The highest BCUT2D eigenvalue weighted by Gasteiger charge is 2.32. The van der Waals surface area contributed by atoms with Gasteiger partial charge in [0.2, 0.25) is 11.8 Å². The summed E-state index contributed by atoms with van der Waals surface area (Å²) in [7, 11) is 3.66. The molecule has 0 aliphatic carbocycles. The van der Waals surface area contributed by atoms with Crippen LogP contribution in [0.25, 0.3) is 0 Å². The maximum atomic E-state index is 12.6. The number of rotatable bonds is 4. The van der Waals surface area contributed by atoms with Crippen LogP contribution >= 0.6 is 0 Å². The van der Waals surface area contributed by atoms with Crippen LogP contribution in [0.3, 0.4) is 0 Å². The zero-order valence-corrected chi connectivity index (χ0v) is 15.2. The number of benzene rings is 2. The molecular weight excluding hydrogens is 328 g/mol. The molecule has 2 aromatic carbocycles. The highest BCUT2D eigenvalue weighted by molar-refractivity contribution is 5.80. The van der Waals surface area contributed by atoms with Crippen LogP contribution in [0, 0.1) is 0 Å². The molecule has 1 aliphatic heterocycles. The Morgan fingerprint density at radius 3 is 1.38 bits per heavy atom. The Labute approximate surface area is 154 Å². The molecule has 1 aliphatic rings. The summed E-state index contributed by atoms with van der Waals surface area (Å²) in [6, 6.07) is 19.4. The first-order valence-corrected chi connectivity index (χ1v) is 8.65. The van der Waals surface area contributed by atoms with Crippen molar-refractivity contribution in [1.82, 2.24) is 20.0 Å². The minimum absolute atomic E-state index is 0.0145. The van der Waals surface area contributed by atoms with Crippen LogP contribution in [0.2, 0.25) is 0 Å². The Morgan fingerprint density at radius 1 is 0.692 bits per heavy atom. The normalized spacial score (nSPS) is 15.9. The number of nitrogens with zero attached hydrogens (tertiary/aromatic N) is 4. The van der Waals surface area contributed by atoms with Crippen molar-refractivity contribution in [2.45, 2.75) is 12.8 Å². The van der Waals surface area contributed by atoms with Crippen molar-refractivity contribution >= 4 is 11.8 Å². The van der Waals surface area contributed by atoms with Crippen LogP contribution in [0.4, 0.5) is 0 Å². The van der Waals surface area contributed by atoms with Crippen molar-refractivity contribution in [3.8, 4) is 0 Å². The molecule has 3 rings (SSSR count). The van der Waals surface area contributed by atoms with E-state index in [9.17, 15) is 9.59 Å². The van der Waals surface area contributed by atoms with Crippen molar-refractivity contribution in [1.29, 1.82) is 0 Å². The maximum Gasteiger partial charge on any atom is 0.242 e. The van der Waals surface area contributed by atoms with E-state index in [0.717, 1.165) is 11.1 Å². The molecule has 0 bridgehead atoms. The van der Waals surface area contributed by atoms with Gasteiger partial charge in [-0.2, -0.15) is 10.0 Å². The van der Waals surface area contributed by atoms with Gasteiger partial charge in [0.25, 0.3) is 0 Å². The quantitative estimate of drug-likeness (QED) is 0.841. The van der Waals surface area contributed by atoms with Crippen LogP contribution in [-0.2, 0) is 22.4 Å². The van der Waals surface area contributed by atoms with Gasteiger partial charge in [0, 0.05) is 14.1 Å². The third-order valence-corrected chi connectivity index (χ3v) is 4.47. The second-order valence-electron chi connectivity index (χ2n) is 6.51. The lowest BCUT2D eigenvalue weighted by atomic mass is 10.1. The molecule has 1 heterocycles. The molecule has 0 aromatic heterocycles. The zero-order chi connectivity index (χ0) is 18.5. The summed E-state index contributed by atoms with van der Waals surface area (Å²) in [6.45, 7) is 0.700. The van der Waals surface area contributed by atoms with E-state index in [1.54, 1.807) is 20.0 Å². The first-order valence-electron chi connectivity index (χ1n) is 8.65. The van der Waals surface area contributed by atoms with E-state index in [1.165, 1.54) is 0 Å². The number of amides is 2. The van der Waals surface area contributed by atoms with Gasteiger partial charge in [-0.25, -0.2) is 0 Å². The number of hydrazine groups is 2. The fourth-order valence-electron chi connectivity index (χ4n) is 3.02. The molecule has 0 unspecified atom stereocenters. The van der Waals surface area contributed by atoms with Crippen molar-refractivity contribution in [3.63, 3.8) is 0 Å². The van der Waals surface area contributed by atoms with Gasteiger partial charge in [0.05, 0.1) is 12.8 Å². The van der Waals surface area contributed by atoms with Gasteiger partial charge in [-0.15, -0.1) is 0 Å². The van der Waals surface area contributed by atoms with Crippen LogP contribution in [0.1, 0.15) is 11.1 Å². The average molecular weight is 352 g/mol. The average Bonchev–Trinajstić information content (AvgIpc) is 2.64. The molecule has 0 radical (unpaired) electrons. The first-order chi connectivity index (χ1) is 12.5. The van der Waals surface area contributed by atoms with Gasteiger partial charge in [-0.3, -0.25) is 19.6 Å². The summed E-state index contributed by atoms with van der Waals surface area (Å²) in [4.78, 5) is 25.3. The molecule has 136 valence electrons. The summed E-state index contributed by atoms with van der Waals surface area (Å²) in [5, 5.41) is 6.96. The fraction of sp³-hybridized carbons (Fsp3) is 0.300. The van der Waals surface area contributed by atoms with E-state index in [1.807, 2.05) is 74.8 Å². The third-order valence-electron chi connectivity index (χ3n) is 4.47. The van der Waals surface area contributed by atoms with E-state index in [0.29, 0.717) is 26.2 Å². The predicted octanol–water partition coefficient (Wildman–Crippen LogP) is 1.75. The van der Waals surface area contributed by atoms with E-state index in [2.05, 4.69) is 0 Å². The highest BCUT2D eigenvalue weighted by Crippen LogP contribution is 2.14. The molecule has 2 amide bonds. The summed E-state index contributed by atoms with van der Waals surface area (Å²) < 4.78 is 0. The Bertz CT molecular complexity index is 685. The molecule has 26 heavy (non-hydrogen) atoms. The molecule has 1 fully saturated rings. The van der Waals surface area contributed by atoms with Crippen molar-refractivity contribution in [2.75, 3.05) is 27.4 Å². The number of carbonyl (C=O) groups excluding carboxylic acids is 2. The lowest BCUT2D eigenvalue weighted by Gasteiger charge is -2.46. The molecular formula is C20H24N4O2. The van der Waals surface area contributed by atoms with E-state index in [4.69, 9.17) is 0 Å². The number of hydrogen-bond donors (Lipinski definition) is 0. The van der Waals surface area contributed by atoms with Crippen molar-refractivity contribution in [2.24, 2.45) is 0 Å². The van der Waals surface area contributed by atoms with Crippen LogP contribution < -0.4 is 0 Å². The predicted molar refractivity (Wildman–Crippen MR) is 99.2 cm³/mol. The molecule has 6 heteroatoms. The van der Waals surface area contributed by atoms with Crippen LogP contribution in [-0.4, -0.2) is 59.3 Å². The summed E-state index contributed by atoms with van der Waals surface area (Å²) >= 11 is 0. The Kier molecular flexibility index (Phi) is 5.65. The van der Waals surface area contributed by atoms with Gasteiger partial charge in [0.15, 0.2) is 0 Å². The SMILES string of the molecule is CN1CN(C(=O)Cc2ccccc2)N(C)CN1C(=O)Cc1ccccc1. The number of hydrogen-bond acceptors (Lipinski definition) is 4. The minimum Gasteiger partial charge on any atom is -0.273 e. The van der Waals surface area contributed by atoms with Crippen LogP contribution in [0.5, 0.6) is 0 Å².